The molecule has 0 aliphatic heterocycles. The van der Waals surface area contributed by atoms with Crippen molar-refractivity contribution in [3.8, 4) is 5.75 Å². The molecule has 2 rings (SSSR count). The van der Waals surface area contributed by atoms with Crippen molar-refractivity contribution in [1.29, 1.82) is 0 Å². The summed E-state index contributed by atoms with van der Waals surface area (Å²) in [4.78, 5) is 0.196. The fraction of sp³-hybridized carbons (Fsp3) is 0.294. The van der Waals surface area contributed by atoms with Crippen molar-refractivity contribution in [3.05, 3.63) is 60.2 Å². The third-order valence-corrected chi connectivity index (χ3v) is 4.77. The van der Waals surface area contributed by atoms with Gasteiger partial charge in [-0.3, -0.25) is 0 Å². The Morgan fingerprint density at radius 2 is 1.74 bits per heavy atom. The Bertz CT molecular complexity index is 700. The van der Waals surface area contributed by atoms with Gasteiger partial charge >= 0.3 is 0 Å². The van der Waals surface area contributed by atoms with E-state index in [1.165, 1.54) is 12.1 Å². The number of hydrogen-bond acceptors (Lipinski definition) is 4. The second kappa shape index (κ2) is 8.10. The maximum atomic E-state index is 12.3. The summed E-state index contributed by atoms with van der Waals surface area (Å²) in [5.41, 5.74) is 6.90. The Balaban J connectivity index is 1.98. The second-order valence-corrected chi connectivity index (χ2v) is 6.96. The van der Waals surface area contributed by atoms with Crippen molar-refractivity contribution in [2.45, 2.75) is 24.3 Å². The molecule has 0 saturated carbocycles. The van der Waals surface area contributed by atoms with Gasteiger partial charge in [-0.2, -0.15) is 0 Å². The van der Waals surface area contributed by atoms with E-state index in [1.54, 1.807) is 12.1 Å². The van der Waals surface area contributed by atoms with E-state index >= 15 is 0 Å². The quantitative estimate of drug-likeness (QED) is 0.777. The smallest absolute Gasteiger partial charge is 0.240 e. The van der Waals surface area contributed by atoms with Crippen molar-refractivity contribution in [2.24, 2.45) is 5.73 Å². The number of sulfonamides is 1. The summed E-state index contributed by atoms with van der Waals surface area (Å²) >= 11 is 0. The molecule has 1 unspecified atom stereocenters. The highest BCUT2D eigenvalue weighted by Crippen LogP contribution is 2.17. The summed E-state index contributed by atoms with van der Waals surface area (Å²) in [5, 5.41) is 0. The van der Waals surface area contributed by atoms with Crippen molar-refractivity contribution in [2.75, 3.05) is 13.2 Å². The maximum Gasteiger partial charge on any atom is 0.240 e. The molecule has 5 nitrogen and oxygen atoms in total. The van der Waals surface area contributed by atoms with Gasteiger partial charge in [-0.15, -0.1) is 0 Å². The van der Waals surface area contributed by atoms with Crippen LogP contribution in [0.1, 0.15) is 24.9 Å². The molecule has 3 N–H and O–H groups in total. The van der Waals surface area contributed by atoms with Crippen molar-refractivity contribution in [3.63, 3.8) is 0 Å². The van der Waals surface area contributed by atoms with Gasteiger partial charge < -0.3 is 10.5 Å². The summed E-state index contributed by atoms with van der Waals surface area (Å²) in [6, 6.07) is 15.4. The lowest BCUT2D eigenvalue weighted by Gasteiger charge is -2.13. The van der Waals surface area contributed by atoms with Crippen LogP contribution in [0.15, 0.2) is 59.5 Å². The van der Waals surface area contributed by atoms with Crippen LogP contribution in [-0.4, -0.2) is 21.6 Å². The Morgan fingerprint density at radius 1 is 1.09 bits per heavy atom. The minimum atomic E-state index is -3.59. The van der Waals surface area contributed by atoms with Crippen LogP contribution in [0.3, 0.4) is 0 Å². The molecule has 0 heterocycles. The lowest BCUT2D eigenvalue weighted by molar-refractivity contribution is 0.317. The number of nitrogens with two attached hydrogens (primary N) is 1. The van der Waals surface area contributed by atoms with Crippen LogP contribution in [0.4, 0.5) is 0 Å². The number of benzene rings is 2. The summed E-state index contributed by atoms with van der Waals surface area (Å²) < 4.78 is 32.6. The minimum absolute atomic E-state index is 0.139. The predicted molar refractivity (Wildman–Crippen MR) is 90.8 cm³/mol. The highest BCUT2D eigenvalue weighted by molar-refractivity contribution is 7.89. The molecule has 0 amide bonds. The summed E-state index contributed by atoms with van der Waals surface area (Å²) in [7, 11) is -3.59. The Kier molecular flexibility index (Phi) is 6.15. The van der Waals surface area contributed by atoms with Gasteiger partial charge in [0, 0.05) is 12.6 Å². The molecular formula is C17H22N2O3S. The van der Waals surface area contributed by atoms with E-state index < -0.39 is 16.1 Å². The predicted octanol–water partition coefficient (Wildman–Crippen LogP) is 2.45. The molecule has 0 radical (unpaired) electrons. The van der Waals surface area contributed by atoms with Gasteiger partial charge in [0.05, 0.1) is 11.5 Å². The molecule has 0 fully saturated rings. The first-order valence-corrected chi connectivity index (χ1v) is 9.04. The number of hydrogen-bond donors (Lipinski definition) is 2. The molecule has 0 saturated heterocycles. The van der Waals surface area contributed by atoms with Crippen molar-refractivity contribution in [1.82, 2.24) is 4.72 Å². The third-order valence-electron chi connectivity index (χ3n) is 3.33. The molecule has 0 bridgehead atoms. The fourth-order valence-electron chi connectivity index (χ4n) is 2.04. The van der Waals surface area contributed by atoms with Gasteiger partial charge in [0.15, 0.2) is 0 Å². The van der Waals surface area contributed by atoms with E-state index in [2.05, 4.69) is 4.72 Å². The van der Waals surface area contributed by atoms with Crippen LogP contribution in [0, 0.1) is 0 Å². The average Bonchev–Trinajstić information content (AvgIpc) is 2.59. The standard InChI is InChI=1S/C17H22N2O3S/c1-2-12-22-15-8-10-16(11-9-15)23(20,21)19-13-17(18)14-6-4-3-5-7-14/h3-11,17,19H,2,12-13,18H2,1H3. The van der Waals surface area contributed by atoms with Crippen LogP contribution in [-0.2, 0) is 10.0 Å². The molecule has 0 spiro atoms. The van der Waals surface area contributed by atoms with E-state index in [0.717, 1.165) is 12.0 Å². The largest absolute Gasteiger partial charge is 0.494 e. The number of ether oxygens (including phenoxy) is 1. The highest BCUT2D eigenvalue weighted by atomic mass is 32.2. The molecule has 2 aromatic rings. The summed E-state index contributed by atoms with van der Waals surface area (Å²) in [6.45, 7) is 2.76. The minimum Gasteiger partial charge on any atom is -0.494 e. The number of rotatable bonds is 8. The first-order valence-electron chi connectivity index (χ1n) is 7.56. The van der Waals surface area contributed by atoms with E-state index in [1.807, 2.05) is 37.3 Å². The van der Waals surface area contributed by atoms with Crippen LogP contribution in [0.5, 0.6) is 5.75 Å². The monoisotopic (exact) mass is 334 g/mol. The summed E-state index contributed by atoms with van der Waals surface area (Å²) in [5.74, 6) is 0.659. The van der Waals surface area contributed by atoms with E-state index in [-0.39, 0.29) is 11.4 Å². The van der Waals surface area contributed by atoms with E-state index in [4.69, 9.17) is 10.5 Å². The van der Waals surface area contributed by atoms with E-state index in [0.29, 0.717) is 12.4 Å². The zero-order chi connectivity index (χ0) is 16.7. The van der Waals surface area contributed by atoms with Gasteiger partial charge in [0.2, 0.25) is 10.0 Å². The van der Waals surface area contributed by atoms with Gasteiger partial charge in [-0.1, -0.05) is 37.3 Å². The van der Waals surface area contributed by atoms with E-state index in [9.17, 15) is 8.42 Å². The zero-order valence-corrected chi connectivity index (χ0v) is 13.9. The molecule has 0 aliphatic rings. The molecular weight excluding hydrogens is 312 g/mol. The Morgan fingerprint density at radius 3 is 2.35 bits per heavy atom. The first-order chi connectivity index (χ1) is 11.0. The highest BCUT2D eigenvalue weighted by Gasteiger charge is 2.16. The van der Waals surface area contributed by atoms with Gasteiger partial charge in [-0.05, 0) is 36.2 Å². The van der Waals surface area contributed by atoms with Crippen LogP contribution in [0.25, 0.3) is 0 Å². The van der Waals surface area contributed by atoms with Gasteiger partial charge in [0.25, 0.3) is 0 Å². The van der Waals surface area contributed by atoms with Gasteiger partial charge in [0.1, 0.15) is 5.75 Å². The normalized spacial score (nSPS) is 12.8. The Hall–Kier alpha value is -1.89. The average molecular weight is 334 g/mol. The molecule has 2 aromatic carbocycles. The number of nitrogens with one attached hydrogen (secondary N) is 1. The molecule has 0 aromatic heterocycles. The first kappa shape index (κ1) is 17.5. The molecule has 124 valence electrons. The van der Waals surface area contributed by atoms with Crippen LogP contribution in [0.2, 0.25) is 0 Å². The second-order valence-electron chi connectivity index (χ2n) is 5.19. The molecule has 23 heavy (non-hydrogen) atoms. The fourth-order valence-corrected chi connectivity index (χ4v) is 3.10. The molecule has 1 atom stereocenters. The lowest BCUT2D eigenvalue weighted by atomic mass is 10.1. The van der Waals surface area contributed by atoms with Gasteiger partial charge in [-0.25, -0.2) is 13.1 Å². The molecule has 6 heteroatoms. The maximum absolute atomic E-state index is 12.3. The SMILES string of the molecule is CCCOc1ccc(S(=O)(=O)NCC(N)c2ccccc2)cc1. The van der Waals surface area contributed by atoms with Crippen molar-refractivity contribution < 1.29 is 13.2 Å². The third kappa shape index (κ3) is 5.06. The summed E-state index contributed by atoms with van der Waals surface area (Å²) in [6.07, 6.45) is 0.902. The Labute approximate surface area is 137 Å². The molecule has 0 aliphatic carbocycles. The van der Waals surface area contributed by atoms with Crippen LogP contribution >= 0.6 is 0 Å². The lowest BCUT2D eigenvalue weighted by Crippen LogP contribution is -2.31. The van der Waals surface area contributed by atoms with Crippen LogP contribution < -0.4 is 15.2 Å². The van der Waals surface area contributed by atoms with Crippen molar-refractivity contribution >= 4 is 10.0 Å². The zero-order valence-electron chi connectivity index (χ0n) is 13.1. The topological polar surface area (TPSA) is 81.4 Å².